The molecule has 3 aliphatic rings. The van der Waals surface area contributed by atoms with Crippen LogP contribution in [0.25, 0.3) is 0 Å². The molecule has 0 saturated carbocycles. The summed E-state index contributed by atoms with van der Waals surface area (Å²) in [5.74, 6) is 0.0569. The summed E-state index contributed by atoms with van der Waals surface area (Å²) in [7, 11) is 0. The molecular weight excluding hydrogens is 252 g/mol. The van der Waals surface area contributed by atoms with Crippen LogP contribution in [-0.2, 0) is 9.59 Å². The van der Waals surface area contributed by atoms with E-state index in [2.05, 4.69) is 0 Å². The fraction of sp³-hybridized carbons (Fsp3) is 0.375. The summed E-state index contributed by atoms with van der Waals surface area (Å²) >= 11 is 0. The van der Waals surface area contributed by atoms with Crippen molar-refractivity contribution in [2.24, 2.45) is 11.8 Å². The Morgan fingerprint density at radius 3 is 1.25 bits per heavy atom. The number of carbonyl (C=O) groups is 2. The molecular formula is C16H18N2O2. The second-order valence-electron chi connectivity index (χ2n) is 5.24. The lowest BCUT2D eigenvalue weighted by molar-refractivity contribution is -0.141. The maximum absolute atomic E-state index is 12.2. The number of allylic oxidation sites excluding steroid dienone is 4. The quantitative estimate of drug-likeness (QED) is 0.755. The lowest BCUT2D eigenvalue weighted by atomic mass is 10.1. The Morgan fingerprint density at radius 1 is 0.650 bits per heavy atom. The monoisotopic (exact) mass is 270 g/mol. The third kappa shape index (κ3) is 2.46. The van der Waals surface area contributed by atoms with Crippen LogP contribution in [0.15, 0.2) is 48.6 Å². The SMILES string of the molecule is O=C(C1C=CC=C1)N1CCN(C(=O)C2C=CC=C2)CC1. The average Bonchev–Trinajstić information content (AvgIpc) is 3.18. The summed E-state index contributed by atoms with van der Waals surface area (Å²) < 4.78 is 0. The van der Waals surface area contributed by atoms with Gasteiger partial charge in [-0.25, -0.2) is 0 Å². The van der Waals surface area contributed by atoms with Gasteiger partial charge >= 0.3 is 0 Å². The van der Waals surface area contributed by atoms with Crippen molar-refractivity contribution in [3.05, 3.63) is 48.6 Å². The number of nitrogens with zero attached hydrogens (tertiary/aromatic N) is 2. The van der Waals surface area contributed by atoms with E-state index in [4.69, 9.17) is 0 Å². The van der Waals surface area contributed by atoms with E-state index < -0.39 is 0 Å². The van der Waals surface area contributed by atoms with Gasteiger partial charge in [0, 0.05) is 26.2 Å². The lowest BCUT2D eigenvalue weighted by Gasteiger charge is -2.36. The highest BCUT2D eigenvalue weighted by Gasteiger charge is 2.29. The Bertz CT molecular complexity index is 451. The largest absolute Gasteiger partial charge is 0.338 e. The maximum atomic E-state index is 12.2. The zero-order valence-corrected chi connectivity index (χ0v) is 11.3. The van der Waals surface area contributed by atoms with Crippen molar-refractivity contribution in [1.82, 2.24) is 9.80 Å². The number of hydrogen-bond donors (Lipinski definition) is 0. The third-order valence-corrected chi connectivity index (χ3v) is 3.97. The topological polar surface area (TPSA) is 40.6 Å². The molecule has 2 aliphatic carbocycles. The molecule has 0 aromatic heterocycles. The molecule has 0 aromatic carbocycles. The number of carbonyl (C=O) groups excluding carboxylic acids is 2. The van der Waals surface area contributed by atoms with Crippen LogP contribution in [0.2, 0.25) is 0 Å². The van der Waals surface area contributed by atoms with E-state index in [0.717, 1.165) is 0 Å². The Kier molecular flexibility index (Phi) is 3.54. The van der Waals surface area contributed by atoms with Crippen LogP contribution >= 0.6 is 0 Å². The van der Waals surface area contributed by atoms with Crippen molar-refractivity contribution in [1.29, 1.82) is 0 Å². The molecule has 104 valence electrons. The van der Waals surface area contributed by atoms with Crippen LogP contribution in [0.1, 0.15) is 0 Å². The molecule has 0 spiro atoms. The Labute approximate surface area is 118 Å². The van der Waals surface area contributed by atoms with Crippen molar-refractivity contribution < 1.29 is 9.59 Å². The van der Waals surface area contributed by atoms with Gasteiger partial charge in [0.25, 0.3) is 0 Å². The first-order valence-electron chi connectivity index (χ1n) is 7.03. The van der Waals surface area contributed by atoms with E-state index in [0.29, 0.717) is 26.2 Å². The van der Waals surface area contributed by atoms with E-state index in [-0.39, 0.29) is 23.7 Å². The van der Waals surface area contributed by atoms with Crippen molar-refractivity contribution >= 4 is 11.8 Å². The molecule has 1 aliphatic heterocycles. The van der Waals surface area contributed by atoms with Gasteiger partial charge < -0.3 is 9.80 Å². The molecule has 2 amide bonds. The molecule has 1 heterocycles. The van der Waals surface area contributed by atoms with Crippen LogP contribution in [0, 0.1) is 11.8 Å². The minimum Gasteiger partial charge on any atom is -0.338 e. The second kappa shape index (κ2) is 5.49. The fourth-order valence-electron chi connectivity index (χ4n) is 2.76. The van der Waals surface area contributed by atoms with Gasteiger partial charge in [0.05, 0.1) is 11.8 Å². The van der Waals surface area contributed by atoms with Crippen LogP contribution in [0.4, 0.5) is 0 Å². The van der Waals surface area contributed by atoms with Crippen LogP contribution < -0.4 is 0 Å². The van der Waals surface area contributed by atoms with Crippen molar-refractivity contribution in [2.45, 2.75) is 0 Å². The standard InChI is InChI=1S/C16H18N2O2/c19-15(13-5-1-2-6-13)17-9-11-18(12-10-17)16(20)14-7-3-4-8-14/h1-8,13-14H,9-12H2. The number of rotatable bonds is 2. The maximum Gasteiger partial charge on any atom is 0.233 e. The minimum absolute atomic E-state index is 0.113. The first kappa shape index (κ1) is 12.9. The summed E-state index contributed by atoms with van der Waals surface area (Å²) in [6.07, 6.45) is 15.3. The molecule has 4 heteroatoms. The van der Waals surface area contributed by atoms with Gasteiger partial charge in [0.2, 0.25) is 11.8 Å². The van der Waals surface area contributed by atoms with Gasteiger partial charge in [-0.15, -0.1) is 0 Å². The highest BCUT2D eigenvalue weighted by molar-refractivity contribution is 5.85. The fourth-order valence-corrected chi connectivity index (χ4v) is 2.76. The van der Waals surface area contributed by atoms with Crippen molar-refractivity contribution in [3.8, 4) is 0 Å². The molecule has 3 rings (SSSR count). The Balaban J connectivity index is 1.54. The lowest BCUT2D eigenvalue weighted by Crippen LogP contribution is -2.52. The molecule has 1 saturated heterocycles. The van der Waals surface area contributed by atoms with Gasteiger partial charge in [-0.2, -0.15) is 0 Å². The predicted octanol–water partition coefficient (Wildman–Crippen LogP) is 1.14. The second-order valence-corrected chi connectivity index (χ2v) is 5.24. The molecule has 0 aromatic rings. The summed E-state index contributed by atoms with van der Waals surface area (Å²) in [6, 6.07) is 0. The minimum atomic E-state index is -0.113. The predicted molar refractivity (Wildman–Crippen MR) is 76.7 cm³/mol. The van der Waals surface area contributed by atoms with Gasteiger partial charge in [-0.05, 0) is 0 Å². The average molecular weight is 270 g/mol. The third-order valence-electron chi connectivity index (χ3n) is 3.97. The first-order chi connectivity index (χ1) is 9.75. The summed E-state index contributed by atoms with van der Waals surface area (Å²) in [5.41, 5.74) is 0. The molecule has 0 atom stereocenters. The Hall–Kier alpha value is -2.10. The highest BCUT2D eigenvalue weighted by Crippen LogP contribution is 2.17. The van der Waals surface area contributed by atoms with Gasteiger partial charge in [-0.3, -0.25) is 9.59 Å². The smallest absolute Gasteiger partial charge is 0.233 e. The van der Waals surface area contributed by atoms with Gasteiger partial charge in [0.15, 0.2) is 0 Å². The molecule has 0 bridgehead atoms. The molecule has 0 N–H and O–H groups in total. The zero-order valence-electron chi connectivity index (χ0n) is 11.3. The number of hydrogen-bond acceptors (Lipinski definition) is 2. The van der Waals surface area contributed by atoms with Crippen molar-refractivity contribution in [2.75, 3.05) is 26.2 Å². The van der Waals surface area contributed by atoms with Gasteiger partial charge in [0.1, 0.15) is 0 Å². The van der Waals surface area contributed by atoms with E-state index in [1.807, 2.05) is 58.4 Å². The zero-order chi connectivity index (χ0) is 13.9. The Morgan fingerprint density at radius 2 is 0.950 bits per heavy atom. The van der Waals surface area contributed by atoms with Crippen LogP contribution in [-0.4, -0.2) is 47.8 Å². The van der Waals surface area contributed by atoms with E-state index in [1.165, 1.54) is 0 Å². The first-order valence-corrected chi connectivity index (χ1v) is 7.03. The molecule has 0 radical (unpaired) electrons. The van der Waals surface area contributed by atoms with E-state index >= 15 is 0 Å². The molecule has 1 fully saturated rings. The van der Waals surface area contributed by atoms with Gasteiger partial charge in [-0.1, -0.05) is 48.6 Å². The van der Waals surface area contributed by atoms with E-state index in [9.17, 15) is 9.59 Å². The number of amides is 2. The summed E-state index contributed by atoms with van der Waals surface area (Å²) in [6.45, 7) is 2.51. The normalized spacial score (nSPS) is 22.2. The summed E-state index contributed by atoms with van der Waals surface area (Å²) in [5, 5.41) is 0. The molecule has 0 unspecified atom stereocenters. The molecule has 20 heavy (non-hydrogen) atoms. The number of piperazine rings is 1. The highest BCUT2D eigenvalue weighted by atomic mass is 16.2. The van der Waals surface area contributed by atoms with Crippen molar-refractivity contribution in [3.63, 3.8) is 0 Å². The van der Waals surface area contributed by atoms with Crippen LogP contribution in [0.5, 0.6) is 0 Å². The van der Waals surface area contributed by atoms with E-state index in [1.54, 1.807) is 0 Å². The summed E-state index contributed by atoms with van der Waals surface area (Å²) in [4.78, 5) is 28.2. The molecule has 4 nitrogen and oxygen atoms in total. The van der Waals surface area contributed by atoms with Crippen LogP contribution in [0.3, 0.4) is 0 Å².